The van der Waals surface area contributed by atoms with Crippen molar-refractivity contribution in [2.75, 3.05) is 18.4 Å². The largest absolute Gasteiger partial charge is 0.511 e. The maximum atomic E-state index is 12.8. The van der Waals surface area contributed by atoms with E-state index >= 15 is 0 Å². The summed E-state index contributed by atoms with van der Waals surface area (Å²) in [6.45, 7) is -0.753. The van der Waals surface area contributed by atoms with E-state index in [4.69, 9.17) is 11.6 Å². The lowest BCUT2D eigenvalue weighted by Gasteiger charge is -2.32. The average Bonchev–Trinajstić information content (AvgIpc) is 2.75. The van der Waals surface area contributed by atoms with Gasteiger partial charge in [0.1, 0.15) is 5.69 Å². The first kappa shape index (κ1) is 24.8. The van der Waals surface area contributed by atoms with Gasteiger partial charge in [-0.05, 0) is 42.2 Å². The monoisotopic (exact) mass is 502 g/mol. The van der Waals surface area contributed by atoms with E-state index in [1.807, 2.05) is 0 Å². The molecule has 176 valence electrons. The maximum absolute atomic E-state index is 12.8. The lowest BCUT2D eigenvalue weighted by atomic mass is 9.92. The fraction of sp³-hybridized carbons (Fsp3) is 0.350. The highest BCUT2D eigenvalue weighted by molar-refractivity contribution is 7.90. The van der Waals surface area contributed by atoms with E-state index in [1.54, 1.807) is 24.3 Å². The van der Waals surface area contributed by atoms with Gasteiger partial charge in [0, 0.05) is 30.2 Å². The smallest absolute Gasteiger partial charge is 0.377 e. The second-order valence-corrected chi connectivity index (χ2v) is 9.78. The standard InChI is InChI=1S/C20H18ClF3N4O4S/c21-15-4-1-13(2-5-15)17(12-25)14-3-6-19(28(29)30)18(11-14)26-16-7-9-27(10-8-16)33(31,32)20(22,23)24/h1-6,11,16-17,26H,7-10H2. The van der Waals surface area contributed by atoms with Crippen LogP contribution in [0, 0.1) is 21.4 Å². The van der Waals surface area contributed by atoms with Gasteiger partial charge >= 0.3 is 15.5 Å². The number of nitrogens with zero attached hydrogens (tertiary/aromatic N) is 3. The van der Waals surface area contributed by atoms with Crippen molar-refractivity contribution in [3.8, 4) is 6.07 Å². The molecule has 0 bridgehead atoms. The van der Waals surface area contributed by atoms with E-state index < -0.39 is 32.4 Å². The molecule has 0 saturated carbocycles. The molecule has 2 aromatic carbocycles. The van der Waals surface area contributed by atoms with E-state index in [0.717, 1.165) is 0 Å². The summed E-state index contributed by atoms with van der Waals surface area (Å²) >= 11 is 5.89. The van der Waals surface area contributed by atoms with Crippen molar-refractivity contribution >= 4 is 33.0 Å². The van der Waals surface area contributed by atoms with Gasteiger partial charge < -0.3 is 5.32 Å². The third-order valence-corrected chi connectivity index (χ3v) is 7.21. The van der Waals surface area contributed by atoms with Crippen LogP contribution < -0.4 is 5.32 Å². The molecule has 8 nitrogen and oxygen atoms in total. The third kappa shape index (κ3) is 5.38. The van der Waals surface area contributed by atoms with Crippen LogP contribution >= 0.6 is 11.6 Å². The number of sulfonamides is 1. The number of nitro groups is 1. The zero-order valence-electron chi connectivity index (χ0n) is 16.9. The van der Waals surface area contributed by atoms with Gasteiger partial charge in [0.25, 0.3) is 5.69 Å². The van der Waals surface area contributed by atoms with Gasteiger partial charge in [-0.25, -0.2) is 8.42 Å². The Kier molecular flexibility index (Phi) is 7.16. The van der Waals surface area contributed by atoms with Crippen molar-refractivity contribution in [2.45, 2.75) is 30.3 Å². The van der Waals surface area contributed by atoms with Crippen LogP contribution in [0.1, 0.15) is 29.9 Å². The molecule has 1 heterocycles. The summed E-state index contributed by atoms with van der Waals surface area (Å²) in [5.41, 5.74) is -4.44. The molecule has 1 saturated heterocycles. The van der Waals surface area contributed by atoms with E-state index in [1.165, 1.54) is 18.2 Å². The topological polar surface area (TPSA) is 116 Å². The summed E-state index contributed by atoms with van der Waals surface area (Å²) in [5, 5.41) is 24.6. The molecule has 0 aromatic heterocycles. The Labute approximate surface area is 192 Å². The zero-order valence-corrected chi connectivity index (χ0v) is 18.5. The molecule has 1 N–H and O–H groups in total. The second kappa shape index (κ2) is 9.54. The quantitative estimate of drug-likeness (QED) is 0.454. The first-order chi connectivity index (χ1) is 15.4. The van der Waals surface area contributed by atoms with Crippen LogP contribution in [0.2, 0.25) is 5.02 Å². The van der Waals surface area contributed by atoms with Gasteiger partial charge in [-0.15, -0.1) is 0 Å². The predicted octanol–water partition coefficient (Wildman–Crippen LogP) is 4.63. The first-order valence-electron chi connectivity index (χ1n) is 9.70. The molecule has 1 aliphatic rings. The van der Waals surface area contributed by atoms with Crippen LogP contribution in [-0.4, -0.2) is 42.3 Å². The highest BCUT2D eigenvalue weighted by Crippen LogP contribution is 2.34. The van der Waals surface area contributed by atoms with Gasteiger partial charge in [-0.2, -0.15) is 22.7 Å². The van der Waals surface area contributed by atoms with Gasteiger partial charge in [0.2, 0.25) is 0 Å². The van der Waals surface area contributed by atoms with Gasteiger partial charge in [-0.1, -0.05) is 29.8 Å². The number of benzene rings is 2. The molecule has 1 atom stereocenters. The zero-order chi connectivity index (χ0) is 24.4. The van der Waals surface area contributed by atoms with E-state index in [2.05, 4.69) is 11.4 Å². The number of nitrogens with one attached hydrogen (secondary N) is 1. The normalized spacial score (nSPS) is 16.7. The second-order valence-electron chi connectivity index (χ2n) is 7.42. The number of nitro benzene ring substituents is 1. The molecule has 33 heavy (non-hydrogen) atoms. The highest BCUT2D eigenvalue weighted by Gasteiger charge is 2.50. The fourth-order valence-electron chi connectivity index (χ4n) is 3.61. The van der Waals surface area contributed by atoms with Crippen molar-refractivity contribution in [3.05, 3.63) is 68.7 Å². The summed E-state index contributed by atoms with van der Waals surface area (Å²) in [7, 11) is -5.42. The van der Waals surface area contributed by atoms with Crippen molar-refractivity contribution in [1.29, 1.82) is 5.26 Å². The summed E-state index contributed by atoms with van der Waals surface area (Å²) in [6.07, 6.45) is 0.0467. The Balaban J connectivity index is 1.82. The van der Waals surface area contributed by atoms with Crippen LogP contribution in [0.25, 0.3) is 0 Å². The minimum absolute atomic E-state index is 0.0234. The van der Waals surface area contributed by atoms with Crippen LogP contribution in [0.5, 0.6) is 0 Å². The van der Waals surface area contributed by atoms with Crippen molar-refractivity contribution in [1.82, 2.24) is 4.31 Å². The number of hydrogen-bond acceptors (Lipinski definition) is 6. The van der Waals surface area contributed by atoms with Crippen LogP contribution in [-0.2, 0) is 10.0 Å². The molecule has 1 unspecified atom stereocenters. The first-order valence-corrected chi connectivity index (χ1v) is 11.5. The molecule has 13 heteroatoms. The van der Waals surface area contributed by atoms with Crippen LogP contribution in [0.3, 0.4) is 0 Å². The Morgan fingerprint density at radius 2 is 1.73 bits per heavy atom. The van der Waals surface area contributed by atoms with Crippen molar-refractivity contribution < 1.29 is 26.5 Å². The predicted molar refractivity (Wildman–Crippen MR) is 115 cm³/mol. The molecule has 0 radical (unpaired) electrons. The number of piperidine rings is 1. The van der Waals surface area contributed by atoms with Crippen molar-refractivity contribution in [3.63, 3.8) is 0 Å². The van der Waals surface area contributed by atoms with Gasteiger partial charge in [0.15, 0.2) is 0 Å². The molecule has 1 aliphatic heterocycles. The SMILES string of the molecule is N#CC(c1ccc(Cl)cc1)c1ccc([N+](=O)[O-])c(NC2CCN(S(=O)(=O)C(F)(F)F)CC2)c1. The lowest BCUT2D eigenvalue weighted by Crippen LogP contribution is -2.47. The molecule has 0 amide bonds. The van der Waals surface area contributed by atoms with Crippen LogP contribution in [0.4, 0.5) is 24.5 Å². The number of rotatable bonds is 6. The maximum Gasteiger partial charge on any atom is 0.511 e. The number of nitriles is 1. The van der Waals surface area contributed by atoms with Gasteiger partial charge in [-0.3, -0.25) is 10.1 Å². The average molecular weight is 503 g/mol. The third-order valence-electron chi connectivity index (χ3n) is 5.33. The molecular formula is C20H18ClF3N4O4S. The van der Waals surface area contributed by atoms with E-state index in [9.17, 15) is 37.0 Å². The molecular weight excluding hydrogens is 485 g/mol. The molecule has 1 fully saturated rings. The Hall–Kier alpha value is -2.88. The number of anilines is 1. The summed E-state index contributed by atoms with van der Waals surface area (Å²) < 4.78 is 61.8. The summed E-state index contributed by atoms with van der Waals surface area (Å²) in [5.74, 6) is -0.734. The van der Waals surface area contributed by atoms with Crippen molar-refractivity contribution in [2.24, 2.45) is 0 Å². The highest BCUT2D eigenvalue weighted by atomic mass is 35.5. The minimum Gasteiger partial charge on any atom is -0.377 e. The molecule has 2 aromatic rings. The lowest BCUT2D eigenvalue weighted by molar-refractivity contribution is -0.384. The van der Waals surface area contributed by atoms with E-state index in [-0.39, 0.29) is 37.3 Å². The number of halogens is 4. The minimum atomic E-state index is -5.42. The van der Waals surface area contributed by atoms with Gasteiger partial charge in [0.05, 0.1) is 16.9 Å². The number of hydrogen-bond donors (Lipinski definition) is 1. The molecule has 3 rings (SSSR count). The van der Waals surface area contributed by atoms with Crippen LogP contribution in [0.15, 0.2) is 42.5 Å². The molecule has 0 aliphatic carbocycles. The number of alkyl halides is 3. The Bertz CT molecular complexity index is 1180. The summed E-state index contributed by atoms with van der Waals surface area (Å²) in [4.78, 5) is 10.9. The Morgan fingerprint density at radius 3 is 2.24 bits per heavy atom. The van der Waals surface area contributed by atoms with E-state index in [0.29, 0.717) is 20.5 Å². The Morgan fingerprint density at radius 1 is 1.15 bits per heavy atom. The molecule has 0 spiro atoms. The summed E-state index contributed by atoms with van der Waals surface area (Å²) in [6, 6.07) is 12.4. The fourth-order valence-corrected chi connectivity index (χ4v) is 4.72.